The lowest BCUT2D eigenvalue weighted by atomic mass is 9.99. The molecule has 0 aliphatic carbocycles. The average molecular weight is 308 g/mol. The highest BCUT2D eigenvalue weighted by molar-refractivity contribution is 5.61. The monoisotopic (exact) mass is 308 g/mol. The van der Waals surface area contributed by atoms with Crippen LogP contribution in [0.3, 0.4) is 0 Å². The Balaban J connectivity index is 1.80. The molecule has 0 radical (unpaired) electrons. The van der Waals surface area contributed by atoms with Gasteiger partial charge in [-0.05, 0) is 61.6 Å². The number of rotatable bonds is 4. The third kappa shape index (κ3) is 3.34. The summed E-state index contributed by atoms with van der Waals surface area (Å²) in [6.45, 7) is 4.03. The summed E-state index contributed by atoms with van der Waals surface area (Å²) in [5, 5.41) is 4.29. The van der Waals surface area contributed by atoms with Crippen LogP contribution < -0.4 is 0 Å². The van der Waals surface area contributed by atoms with Gasteiger partial charge in [0, 0.05) is 12.6 Å². The van der Waals surface area contributed by atoms with Crippen LogP contribution in [0.4, 0.5) is 4.39 Å². The van der Waals surface area contributed by atoms with Crippen molar-refractivity contribution in [3.63, 3.8) is 0 Å². The highest BCUT2D eigenvalue weighted by atomic mass is 19.1. The molecule has 0 amide bonds. The Morgan fingerprint density at radius 1 is 1.00 bits per heavy atom. The molecule has 23 heavy (non-hydrogen) atoms. The van der Waals surface area contributed by atoms with Crippen molar-refractivity contribution in [3.8, 4) is 11.3 Å². The molecule has 0 atom stereocenters. The van der Waals surface area contributed by atoms with Gasteiger partial charge in [-0.25, -0.2) is 4.39 Å². The first kappa shape index (κ1) is 15.5. The molecule has 0 aliphatic heterocycles. The molecule has 0 N–H and O–H groups in total. The molecule has 0 saturated heterocycles. The molecule has 0 aliphatic rings. The minimum absolute atomic E-state index is 0.185. The zero-order chi connectivity index (χ0) is 16.4. The van der Waals surface area contributed by atoms with Gasteiger partial charge in [-0.15, -0.1) is 0 Å². The van der Waals surface area contributed by atoms with E-state index in [2.05, 4.69) is 30.2 Å². The minimum Gasteiger partial charge on any atom is -0.268 e. The van der Waals surface area contributed by atoms with Crippen molar-refractivity contribution in [3.05, 3.63) is 76.7 Å². The second-order valence-corrected chi connectivity index (χ2v) is 6.04. The summed E-state index contributed by atoms with van der Waals surface area (Å²) in [5.74, 6) is -0.185. The fraction of sp³-hybridized carbons (Fsp3) is 0.250. The van der Waals surface area contributed by atoms with Crippen LogP contribution in [-0.2, 0) is 19.9 Å². The summed E-state index contributed by atoms with van der Waals surface area (Å²) >= 11 is 0. The topological polar surface area (TPSA) is 17.8 Å². The highest BCUT2D eigenvalue weighted by Crippen LogP contribution is 2.24. The van der Waals surface area contributed by atoms with E-state index in [0.717, 1.165) is 29.8 Å². The molecule has 3 heteroatoms. The van der Waals surface area contributed by atoms with E-state index in [1.165, 1.54) is 11.1 Å². The first-order valence-corrected chi connectivity index (χ1v) is 7.88. The van der Waals surface area contributed by atoms with Gasteiger partial charge in [-0.1, -0.05) is 30.3 Å². The zero-order valence-electron chi connectivity index (χ0n) is 13.8. The van der Waals surface area contributed by atoms with Gasteiger partial charge in [0.1, 0.15) is 5.82 Å². The molecule has 0 bridgehead atoms. The standard InChI is InChI=1S/C20H21FN2/c1-14-6-4-5-7-17(14)10-8-16-9-11-18(19(21)13-16)20-12-15(2)22-23(20)3/h4-7,9,11-13H,8,10H2,1-3H3. The Morgan fingerprint density at radius 2 is 1.78 bits per heavy atom. The van der Waals surface area contributed by atoms with E-state index < -0.39 is 0 Å². The first-order valence-electron chi connectivity index (χ1n) is 7.88. The first-order chi connectivity index (χ1) is 11.0. The highest BCUT2D eigenvalue weighted by Gasteiger charge is 2.11. The van der Waals surface area contributed by atoms with Crippen LogP contribution in [0.2, 0.25) is 0 Å². The Hall–Kier alpha value is -2.42. The Labute approximate surface area is 136 Å². The van der Waals surface area contributed by atoms with E-state index in [0.29, 0.717) is 5.56 Å². The van der Waals surface area contributed by atoms with Crippen molar-refractivity contribution in [2.75, 3.05) is 0 Å². The van der Waals surface area contributed by atoms with Crippen molar-refractivity contribution >= 4 is 0 Å². The lowest BCUT2D eigenvalue weighted by Gasteiger charge is -2.08. The molecule has 0 saturated carbocycles. The average Bonchev–Trinajstić information content (AvgIpc) is 2.85. The van der Waals surface area contributed by atoms with Crippen LogP contribution in [-0.4, -0.2) is 9.78 Å². The van der Waals surface area contributed by atoms with E-state index in [-0.39, 0.29) is 5.82 Å². The number of hydrogen-bond acceptors (Lipinski definition) is 1. The molecule has 2 aromatic carbocycles. The van der Waals surface area contributed by atoms with Crippen LogP contribution in [0.5, 0.6) is 0 Å². The van der Waals surface area contributed by atoms with Crippen molar-refractivity contribution in [2.45, 2.75) is 26.7 Å². The molecule has 118 valence electrons. The molecule has 1 aromatic heterocycles. The SMILES string of the molecule is Cc1cc(-c2ccc(CCc3ccccc3C)cc2F)n(C)n1. The molecule has 3 rings (SSSR count). The number of hydrogen-bond donors (Lipinski definition) is 0. The molecule has 0 fully saturated rings. The van der Waals surface area contributed by atoms with Crippen LogP contribution in [0, 0.1) is 19.7 Å². The van der Waals surface area contributed by atoms with Crippen molar-refractivity contribution < 1.29 is 4.39 Å². The van der Waals surface area contributed by atoms with Gasteiger partial charge in [0.25, 0.3) is 0 Å². The molecule has 2 nitrogen and oxygen atoms in total. The quantitative estimate of drug-likeness (QED) is 0.687. The summed E-state index contributed by atoms with van der Waals surface area (Å²) in [6.07, 6.45) is 1.77. The normalized spacial score (nSPS) is 11.0. The lowest BCUT2D eigenvalue weighted by molar-refractivity contribution is 0.625. The third-order valence-electron chi connectivity index (χ3n) is 4.26. The minimum atomic E-state index is -0.185. The van der Waals surface area contributed by atoms with Crippen molar-refractivity contribution in [1.29, 1.82) is 0 Å². The number of benzene rings is 2. The van der Waals surface area contributed by atoms with Gasteiger partial charge in [-0.3, -0.25) is 4.68 Å². The fourth-order valence-electron chi connectivity index (χ4n) is 2.95. The number of aryl methyl sites for hydroxylation is 5. The molecule has 3 aromatic rings. The molecular weight excluding hydrogens is 287 g/mol. The molecular formula is C20H21FN2. The van der Waals surface area contributed by atoms with Gasteiger partial charge in [-0.2, -0.15) is 5.10 Å². The maximum Gasteiger partial charge on any atom is 0.132 e. The van der Waals surface area contributed by atoms with E-state index >= 15 is 0 Å². The summed E-state index contributed by atoms with van der Waals surface area (Å²) in [5.41, 5.74) is 5.94. The van der Waals surface area contributed by atoms with Gasteiger partial charge in [0.15, 0.2) is 0 Å². The molecule has 0 spiro atoms. The van der Waals surface area contributed by atoms with Gasteiger partial charge in [0.05, 0.1) is 11.4 Å². The lowest BCUT2D eigenvalue weighted by Crippen LogP contribution is -1.98. The van der Waals surface area contributed by atoms with Crippen LogP contribution >= 0.6 is 0 Å². The fourth-order valence-corrected chi connectivity index (χ4v) is 2.95. The number of nitrogens with zero attached hydrogens (tertiary/aromatic N) is 2. The second kappa shape index (κ2) is 6.37. The van der Waals surface area contributed by atoms with E-state index in [1.54, 1.807) is 10.7 Å². The Kier molecular flexibility index (Phi) is 4.28. The number of halogens is 1. The van der Waals surface area contributed by atoms with Crippen LogP contribution in [0.15, 0.2) is 48.5 Å². The van der Waals surface area contributed by atoms with Crippen LogP contribution in [0.1, 0.15) is 22.4 Å². The summed E-state index contributed by atoms with van der Waals surface area (Å²) < 4.78 is 16.2. The zero-order valence-corrected chi connectivity index (χ0v) is 13.8. The smallest absolute Gasteiger partial charge is 0.132 e. The van der Waals surface area contributed by atoms with Gasteiger partial charge >= 0.3 is 0 Å². The van der Waals surface area contributed by atoms with E-state index in [9.17, 15) is 4.39 Å². The second-order valence-electron chi connectivity index (χ2n) is 6.04. The molecule has 1 heterocycles. The van der Waals surface area contributed by atoms with Gasteiger partial charge < -0.3 is 0 Å². The summed E-state index contributed by atoms with van der Waals surface area (Å²) in [6, 6.07) is 15.8. The summed E-state index contributed by atoms with van der Waals surface area (Å²) in [4.78, 5) is 0. The van der Waals surface area contributed by atoms with Gasteiger partial charge in [0.2, 0.25) is 0 Å². The third-order valence-corrected chi connectivity index (χ3v) is 4.26. The maximum atomic E-state index is 14.5. The summed E-state index contributed by atoms with van der Waals surface area (Å²) in [7, 11) is 1.84. The number of aromatic nitrogens is 2. The largest absolute Gasteiger partial charge is 0.268 e. The maximum absolute atomic E-state index is 14.5. The van der Waals surface area contributed by atoms with E-state index in [1.807, 2.05) is 38.2 Å². The van der Waals surface area contributed by atoms with Crippen molar-refractivity contribution in [2.24, 2.45) is 7.05 Å². The predicted octanol–water partition coefficient (Wildman–Crippen LogP) is 4.63. The predicted molar refractivity (Wildman–Crippen MR) is 91.9 cm³/mol. The molecule has 0 unspecified atom stereocenters. The van der Waals surface area contributed by atoms with Crippen molar-refractivity contribution in [1.82, 2.24) is 9.78 Å². The Morgan fingerprint density at radius 3 is 2.43 bits per heavy atom. The Bertz CT molecular complexity index is 833. The van der Waals surface area contributed by atoms with Crippen LogP contribution in [0.25, 0.3) is 11.3 Å². The van der Waals surface area contributed by atoms with E-state index in [4.69, 9.17) is 0 Å².